The molecule has 0 bridgehead atoms. The van der Waals surface area contributed by atoms with E-state index >= 15 is 0 Å². The van der Waals surface area contributed by atoms with Gasteiger partial charge in [-0.15, -0.1) is 0 Å². The van der Waals surface area contributed by atoms with Gasteiger partial charge in [0.1, 0.15) is 5.69 Å². The number of amides is 1. The first-order valence-corrected chi connectivity index (χ1v) is 6.68. The number of nitrogens with one attached hydrogen (secondary N) is 1. The maximum absolute atomic E-state index is 11.9. The molecule has 0 aromatic carbocycles. The molecular formula is C16H19N3O. The van der Waals surface area contributed by atoms with Crippen molar-refractivity contribution in [1.29, 1.82) is 0 Å². The lowest BCUT2D eigenvalue weighted by atomic mass is 9.85. The average Bonchev–Trinajstić information content (AvgIpc) is 2.46. The molecule has 20 heavy (non-hydrogen) atoms. The van der Waals surface area contributed by atoms with Gasteiger partial charge in [-0.3, -0.25) is 9.78 Å². The predicted molar refractivity (Wildman–Crippen MR) is 80.4 cm³/mol. The summed E-state index contributed by atoms with van der Waals surface area (Å²) in [5.74, 6) is 0.118. The highest BCUT2D eigenvalue weighted by atomic mass is 16.2. The van der Waals surface area contributed by atoms with E-state index in [4.69, 9.17) is 0 Å². The van der Waals surface area contributed by atoms with E-state index in [-0.39, 0.29) is 5.91 Å². The molecule has 0 saturated heterocycles. The smallest absolute Gasteiger partial charge is 0.266 e. The van der Waals surface area contributed by atoms with Crippen molar-refractivity contribution in [3.05, 3.63) is 53.9 Å². The molecule has 1 atom stereocenters. The molecule has 0 saturated carbocycles. The van der Waals surface area contributed by atoms with Crippen LogP contribution >= 0.6 is 0 Å². The highest BCUT2D eigenvalue weighted by Gasteiger charge is 2.18. The molecule has 4 nitrogen and oxygen atoms in total. The summed E-state index contributed by atoms with van der Waals surface area (Å²) in [6.45, 7) is 8.04. The van der Waals surface area contributed by atoms with Crippen molar-refractivity contribution in [3.8, 4) is 0 Å². The topological polar surface area (TPSA) is 54.4 Å². The molecule has 0 spiro atoms. The van der Waals surface area contributed by atoms with Crippen LogP contribution in [0.4, 0.5) is 0 Å². The Morgan fingerprint density at radius 3 is 2.95 bits per heavy atom. The van der Waals surface area contributed by atoms with Gasteiger partial charge in [0.05, 0.1) is 5.71 Å². The minimum atomic E-state index is -0.289. The van der Waals surface area contributed by atoms with Crippen molar-refractivity contribution < 1.29 is 4.79 Å². The number of hydrogen-bond donors (Lipinski definition) is 1. The van der Waals surface area contributed by atoms with Crippen LogP contribution in [0.25, 0.3) is 0 Å². The van der Waals surface area contributed by atoms with Crippen LogP contribution in [0.2, 0.25) is 0 Å². The molecule has 104 valence electrons. The Hall–Kier alpha value is -2.23. The molecule has 1 N–H and O–H groups in total. The molecule has 0 radical (unpaired) electrons. The van der Waals surface area contributed by atoms with Crippen LogP contribution in [-0.4, -0.2) is 16.6 Å². The number of allylic oxidation sites excluding steroid dienone is 3. The first-order valence-electron chi connectivity index (χ1n) is 6.68. The summed E-state index contributed by atoms with van der Waals surface area (Å²) >= 11 is 0. The maximum Gasteiger partial charge on any atom is 0.289 e. The zero-order valence-corrected chi connectivity index (χ0v) is 11.9. The standard InChI is InChI=1S/C16H19N3O/c1-11(2)13-8-7-12(3)15(10-13)18-19-16(20)14-6-4-5-9-17-14/h4-7,9,13H,1,8,10H2,2-3H3,(H,19,20)/t13-/m1/s1. The minimum Gasteiger partial charge on any atom is -0.266 e. The third-order valence-corrected chi connectivity index (χ3v) is 3.49. The molecule has 1 aromatic heterocycles. The Bertz CT molecular complexity index is 573. The Morgan fingerprint density at radius 1 is 1.50 bits per heavy atom. The SMILES string of the molecule is C=C(C)[C@@H]1CC=C(C)C(=NNC(=O)c2ccccn2)C1. The summed E-state index contributed by atoms with van der Waals surface area (Å²) in [5, 5.41) is 4.24. The molecular weight excluding hydrogens is 250 g/mol. The van der Waals surface area contributed by atoms with Crippen LogP contribution in [-0.2, 0) is 0 Å². The predicted octanol–water partition coefficient (Wildman–Crippen LogP) is 3.10. The number of carbonyl (C=O) groups is 1. The zero-order chi connectivity index (χ0) is 14.5. The van der Waals surface area contributed by atoms with Crippen molar-refractivity contribution in [2.45, 2.75) is 26.7 Å². The molecule has 0 unspecified atom stereocenters. The van der Waals surface area contributed by atoms with Gasteiger partial charge in [0.25, 0.3) is 5.91 Å². The largest absolute Gasteiger partial charge is 0.289 e. The average molecular weight is 269 g/mol. The van der Waals surface area contributed by atoms with E-state index in [1.54, 1.807) is 24.4 Å². The number of aromatic nitrogens is 1. The summed E-state index contributed by atoms with van der Waals surface area (Å²) in [6.07, 6.45) is 5.55. The molecule has 4 heteroatoms. The number of hydrogen-bond acceptors (Lipinski definition) is 3. The minimum absolute atomic E-state index is 0.289. The highest BCUT2D eigenvalue weighted by Crippen LogP contribution is 2.26. The summed E-state index contributed by atoms with van der Waals surface area (Å²) in [7, 11) is 0. The first kappa shape index (κ1) is 14.2. The van der Waals surface area contributed by atoms with Gasteiger partial charge in [-0.2, -0.15) is 5.10 Å². The fourth-order valence-electron chi connectivity index (χ4n) is 2.10. The van der Waals surface area contributed by atoms with E-state index in [9.17, 15) is 4.79 Å². The van der Waals surface area contributed by atoms with Crippen LogP contribution in [0.15, 0.2) is 53.3 Å². The van der Waals surface area contributed by atoms with Crippen LogP contribution < -0.4 is 5.43 Å². The highest BCUT2D eigenvalue weighted by molar-refractivity contribution is 6.02. The van der Waals surface area contributed by atoms with E-state index in [0.717, 1.165) is 29.7 Å². The molecule has 1 heterocycles. The van der Waals surface area contributed by atoms with E-state index in [1.807, 2.05) is 13.8 Å². The quantitative estimate of drug-likeness (QED) is 0.677. The second-order valence-corrected chi connectivity index (χ2v) is 5.08. The van der Waals surface area contributed by atoms with E-state index < -0.39 is 0 Å². The molecule has 0 aliphatic heterocycles. The van der Waals surface area contributed by atoms with Gasteiger partial charge in [0, 0.05) is 6.20 Å². The lowest BCUT2D eigenvalue weighted by Gasteiger charge is -2.22. The van der Waals surface area contributed by atoms with Gasteiger partial charge in [-0.1, -0.05) is 24.3 Å². The number of rotatable bonds is 3. The maximum atomic E-state index is 11.9. The second-order valence-electron chi connectivity index (χ2n) is 5.08. The van der Waals surface area contributed by atoms with Crippen molar-refractivity contribution in [3.63, 3.8) is 0 Å². The summed E-state index contributed by atoms with van der Waals surface area (Å²) in [4.78, 5) is 15.9. The third-order valence-electron chi connectivity index (χ3n) is 3.49. The van der Waals surface area contributed by atoms with Crippen LogP contribution in [0.5, 0.6) is 0 Å². The fraction of sp³-hybridized carbons (Fsp3) is 0.312. The monoisotopic (exact) mass is 269 g/mol. The van der Waals surface area contributed by atoms with Crippen molar-refractivity contribution in [2.75, 3.05) is 0 Å². The molecule has 1 amide bonds. The van der Waals surface area contributed by atoms with E-state index in [2.05, 4.69) is 28.2 Å². The summed E-state index contributed by atoms with van der Waals surface area (Å²) in [6, 6.07) is 5.21. The third kappa shape index (κ3) is 3.41. The van der Waals surface area contributed by atoms with Crippen molar-refractivity contribution in [2.24, 2.45) is 11.0 Å². The normalized spacial score (nSPS) is 20.4. The van der Waals surface area contributed by atoms with Gasteiger partial charge in [0.2, 0.25) is 0 Å². The van der Waals surface area contributed by atoms with Gasteiger partial charge >= 0.3 is 0 Å². The first-order chi connectivity index (χ1) is 9.58. The number of hydrazone groups is 1. The Kier molecular flexibility index (Phi) is 4.45. The zero-order valence-electron chi connectivity index (χ0n) is 11.9. The lowest BCUT2D eigenvalue weighted by Crippen LogP contribution is -2.23. The summed E-state index contributed by atoms with van der Waals surface area (Å²) in [5.41, 5.74) is 6.12. The fourth-order valence-corrected chi connectivity index (χ4v) is 2.10. The van der Waals surface area contributed by atoms with Crippen LogP contribution in [0.3, 0.4) is 0 Å². The van der Waals surface area contributed by atoms with Crippen LogP contribution in [0, 0.1) is 5.92 Å². The van der Waals surface area contributed by atoms with Gasteiger partial charge < -0.3 is 0 Å². The lowest BCUT2D eigenvalue weighted by molar-refractivity contribution is 0.0950. The van der Waals surface area contributed by atoms with E-state index in [1.165, 1.54) is 0 Å². The summed E-state index contributed by atoms with van der Waals surface area (Å²) < 4.78 is 0. The van der Waals surface area contributed by atoms with Gasteiger partial charge in [-0.25, -0.2) is 5.43 Å². The van der Waals surface area contributed by atoms with Crippen molar-refractivity contribution >= 4 is 11.6 Å². The molecule has 1 aliphatic rings. The molecule has 1 aromatic rings. The van der Waals surface area contributed by atoms with Crippen molar-refractivity contribution in [1.82, 2.24) is 10.4 Å². The van der Waals surface area contributed by atoms with E-state index in [0.29, 0.717) is 11.6 Å². The molecule has 0 fully saturated rings. The number of nitrogens with zero attached hydrogens (tertiary/aromatic N) is 2. The number of carbonyl (C=O) groups excluding carboxylic acids is 1. The Labute approximate surface area is 119 Å². The Balaban J connectivity index is 2.07. The van der Waals surface area contributed by atoms with Gasteiger partial charge in [-0.05, 0) is 50.3 Å². The second kappa shape index (κ2) is 6.28. The van der Waals surface area contributed by atoms with Crippen LogP contribution in [0.1, 0.15) is 37.2 Å². The molecule has 1 aliphatic carbocycles. The number of pyridine rings is 1. The Morgan fingerprint density at radius 2 is 2.30 bits per heavy atom. The molecule has 2 rings (SSSR count). The van der Waals surface area contributed by atoms with Gasteiger partial charge in [0.15, 0.2) is 0 Å².